The molecule has 0 aliphatic heterocycles. The number of hydrogen-bond acceptors (Lipinski definition) is 3. The molecule has 1 amide bonds. The molecule has 1 heterocycles. The Hall–Kier alpha value is -0.850. The van der Waals surface area contributed by atoms with E-state index >= 15 is 0 Å². The minimum atomic E-state index is -0.239. The zero-order valence-electron chi connectivity index (χ0n) is 12.4. The molecule has 0 saturated heterocycles. The molecule has 2 rings (SSSR count). The van der Waals surface area contributed by atoms with E-state index in [1.165, 1.54) is 27.6 Å². The Kier molecular flexibility index (Phi) is 6.47. The second kappa shape index (κ2) is 8.13. The quantitative estimate of drug-likeness (QED) is 0.689. The lowest BCUT2D eigenvalue weighted by Gasteiger charge is -2.16. The van der Waals surface area contributed by atoms with Gasteiger partial charge < -0.3 is 4.90 Å². The van der Waals surface area contributed by atoms with Crippen molar-refractivity contribution in [2.24, 2.45) is 0 Å². The SMILES string of the molecule is Cc1ccc(CN(C)C(=O)CSCc2ccc(Br)cc2F)s1. The molecule has 0 atom stereocenters. The van der Waals surface area contributed by atoms with Crippen molar-refractivity contribution >= 4 is 44.9 Å². The first-order valence-electron chi connectivity index (χ1n) is 6.76. The Labute approximate surface area is 146 Å². The third kappa shape index (κ3) is 5.11. The molecular weight excluding hydrogens is 385 g/mol. The van der Waals surface area contributed by atoms with Gasteiger partial charge in [0, 0.05) is 27.0 Å². The molecule has 2 aromatic rings. The number of thiophene rings is 1. The van der Waals surface area contributed by atoms with Crippen LogP contribution < -0.4 is 0 Å². The van der Waals surface area contributed by atoms with E-state index in [1.54, 1.807) is 29.4 Å². The summed E-state index contributed by atoms with van der Waals surface area (Å²) in [6, 6.07) is 9.11. The first kappa shape index (κ1) is 17.5. The van der Waals surface area contributed by atoms with Crippen LogP contribution in [-0.4, -0.2) is 23.6 Å². The van der Waals surface area contributed by atoms with Crippen LogP contribution in [-0.2, 0) is 17.1 Å². The predicted molar refractivity (Wildman–Crippen MR) is 95.8 cm³/mol. The molecule has 0 N–H and O–H groups in total. The highest BCUT2D eigenvalue weighted by atomic mass is 79.9. The summed E-state index contributed by atoms with van der Waals surface area (Å²) < 4.78 is 14.4. The van der Waals surface area contributed by atoms with Crippen LogP contribution in [0.1, 0.15) is 15.3 Å². The van der Waals surface area contributed by atoms with Crippen molar-refractivity contribution in [3.63, 3.8) is 0 Å². The summed E-state index contributed by atoms with van der Waals surface area (Å²) in [4.78, 5) is 16.2. The molecule has 0 unspecified atom stereocenters. The number of carbonyl (C=O) groups is 1. The van der Waals surface area contributed by atoms with Crippen LogP contribution in [0.5, 0.6) is 0 Å². The minimum Gasteiger partial charge on any atom is -0.340 e. The summed E-state index contributed by atoms with van der Waals surface area (Å²) in [5.41, 5.74) is 0.623. The van der Waals surface area contributed by atoms with Crippen molar-refractivity contribution in [3.05, 3.63) is 55.9 Å². The van der Waals surface area contributed by atoms with Gasteiger partial charge >= 0.3 is 0 Å². The van der Waals surface area contributed by atoms with Crippen LogP contribution in [0.2, 0.25) is 0 Å². The van der Waals surface area contributed by atoms with Gasteiger partial charge in [-0.05, 0) is 36.8 Å². The van der Waals surface area contributed by atoms with E-state index in [-0.39, 0.29) is 11.7 Å². The predicted octanol–water partition coefficient (Wildman–Crippen LogP) is 4.85. The second-order valence-corrected chi connectivity index (χ2v) is 8.26. The highest BCUT2D eigenvalue weighted by Gasteiger charge is 2.11. The lowest BCUT2D eigenvalue weighted by atomic mass is 10.2. The van der Waals surface area contributed by atoms with Crippen LogP contribution in [0.4, 0.5) is 4.39 Å². The van der Waals surface area contributed by atoms with Gasteiger partial charge in [-0.1, -0.05) is 22.0 Å². The number of rotatable bonds is 6. The first-order valence-corrected chi connectivity index (χ1v) is 9.53. The maximum absolute atomic E-state index is 13.7. The molecule has 0 aliphatic rings. The lowest BCUT2D eigenvalue weighted by molar-refractivity contribution is -0.127. The fourth-order valence-corrected chi connectivity index (χ4v) is 4.12. The summed E-state index contributed by atoms with van der Waals surface area (Å²) >= 11 is 6.37. The summed E-state index contributed by atoms with van der Waals surface area (Å²) in [6.07, 6.45) is 0. The standard InChI is InChI=1S/C16H17BrFNOS2/c1-11-3-6-14(22-11)8-19(2)16(20)10-21-9-12-4-5-13(17)7-15(12)18/h3-7H,8-10H2,1-2H3. The monoisotopic (exact) mass is 401 g/mol. The Morgan fingerprint density at radius 2 is 2.14 bits per heavy atom. The number of amides is 1. The Morgan fingerprint density at radius 3 is 2.77 bits per heavy atom. The topological polar surface area (TPSA) is 20.3 Å². The van der Waals surface area contributed by atoms with E-state index in [0.29, 0.717) is 23.6 Å². The molecule has 1 aromatic heterocycles. The van der Waals surface area contributed by atoms with E-state index in [4.69, 9.17) is 0 Å². The molecule has 0 spiro atoms. The van der Waals surface area contributed by atoms with Crippen LogP contribution in [0.25, 0.3) is 0 Å². The Morgan fingerprint density at radius 1 is 1.36 bits per heavy atom. The first-order chi connectivity index (χ1) is 10.5. The number of carbonyl (C=O) groups excluding carboxylic acids is 1. The molecule has 2 nitrogen and oxygen atoms in total. The molecule has 0 radical (unpaired) electrons. The highest BCUT2D eigenvalue weighted by Crippen LogP contribution is 2.21. The average Bonchev–Trinajstić information content (AvgIpc) is 2.86. The van der Waals surface area contributed by atoms with Gasteiger partial charge in [-0.25, -0.2) is 4.39 Å². The average molecular weight is 402 g/mol. The molecule has 0 fully saturated rings. The van der Waals surface area contributed by atoms with Gasteiger partial charge in [0.2, 0.25) is 5.91 Å². The molecular formula is C16H17BrFNOS2. The Balaban J connectivity index is 1.79. The van der Waals surface area contributed by atoms with Crippen molar-refractivity contribution in [2.45, 2.75) is 19.2 Å². The van der Waals surface area contributed by atoms with Gasteiger partial charge in [-0.2, -0.15) is 0 Å². The second-order valence-electron chi connectivity index (χ2n) is 4.99. The van der Waals surface area contributed by atoms with Gasteiger partial charge in [0.1, 0.15) is 5.82 Å². The molecule has 118 valence electrons. The van der Waals surface area contributed by atoms with Gasteiger partial charge in [0.05, 0.1) is 12.3 Å². The minimum absolute atomic E-state index is 0.0635. The maximum atomic E-state index is 13.7. The molecule has 22 heavy (non-hydrogen) atoms. The Bertz CT molecular complexity index is 659. The van der Waals surface area contributed by atoms with Crippen LogP contribution >= 0.6 is 39.0 Å². The van der Waals surface area contributed by atoms with Crippen molar-refractivity contribution in [3.8, 4) is 0 Å². The van der Waals surface area contributed by atoms with E-state index in [2.05, 4.69) is 28.9 Å². The largest absolute Gasteiger partial charge is 0.340 e. The number of hydrogen-bond donors (Lipinski definition) is 0. The fraction of sp³-hybridized carbons (Fsp3) is 0.312. The van der Waals surface area contributed by atoms with Gasteiger partial charge in [0.25, 0.3) is 0 Å². The van der Waals surface area contributed by atoms with Gasteiger partial charge in [0.15, 0.2) is 0 Å². The highest BCUT2D eigenvalue weighted by molar-refractivity contribution is 9.10. The molecule has 1 aromatic carbocycles. The zero-order chi connectivity index (χ0) is 16.1. The van der Waals surface area contributed by atoms with E-state index in [0.717, 1.165) is 4.47 Å². The van der Waals surface area contributed by atoms with Crippen molar-refractivity contribution in [1.82, 2.24) is 4.90 Å². The number of nitrogens with zero attached hydrogens (tertiary/aromatic N) is 1. The molecule has 0 bridgehead atoms. The normalized spacial score (nSPS) is 10.7. The molecule has 6 heteroatoms. The van der Waals surface area contributed by atoms with Crippen LogP contribution in [0.15, 0.2) is 34.8 Å². The fourth-order valence-electron chi connectivity index (χ4n) is 1.89. The number of aryl methyl sites for hydroxylation is 1. The van der Waals surface area contributed by atoms with E-state index in [9.17, 15) is 9.18 Å². The summed E-state index contributed by atoms with van der Waals surface area (Å²) in [5.74, 6) is 0.679. The molecule has 0 aliphatic carbocycles. The van der Waals surface area contributed by atoms with Crippen molar-refractivity contribution in [1.29, 1.82) is 0 Å². The maximum Gasteiger partial charge on any atom is 0.232 e. The van der Waals surface area contributed by atoms with Crippen LogP contribution in [0, 0.1) is 12.7 Å². The summed E-state index contributed by atoms with van der Waals surface area (Å²) in [7, 11) is 1.80. The van der Waals surface area contributed by atoms with Gasteiger partial charge in [-0.15, -0.1) is 23.1 Å². The van der Waals surface area contributed by atoms with Gasteiger partial charge in [-0.3, -0.25) is 4.79 Å². The van der Waals surface area contributed by atoms with Crippen molar-refractivity contribution in [2.75, 3.05) is 12.8 Å². The summed E-state index contributed by atoms with van der Waals surface area (Å²) in [5, 5.41) is 0. The summed E-state index contributed by atoms with van der Waals surface area (Å²) in [6.45, 7) is 2.68. The van der Waals surface area contributed by atoms with E-state index < -0.39 is 0 Å². The third-order valence-corrected chi connectivity index (χ3v) is 5.56. The molecule has 0 saturated carbocycles. The smallest absolute Gasteiger partial charge is 0.232 e. The van der Waals surface area contributed by atoms with Crippen molar-refractivity contribution < 1.29 is 9.18 Å². The zero-order valence-corrected chi connectivity index (χ0v) is 15.7. The number of benzene rings is 1. The number of halogens is 2. The van der Waals surface area contributed by atoms with E-state index in [1.807, 2.05) is 12.1 Å². The lowest BCUT2D eigenvalue weighted by Crippen LogP contribution is -2.27. The number of thioether (sulfide) groups is 1. The van der Waals surface area contributed by atoms with Crippen LogP contribution in [0.3, 0.4) is 0 Å². The third-order valence-electron chi connectivity index (χ3n) is 3.11.